The van der Waals surface area contributed by atoms with Crippen molar-refractivity contribution < 1.29 is 9.84 Å². The van der Waals surface area contributed by atoms with E-state index in [1.54, 1.807) is 19.5 Å². The smallest absolute Gasteiger partial charge is 0.233 e. The van der Waals surface area contributed by atoms with Crippen molar-refractivity contribution in [2.24, 2.45) is 0 Å². The van der Waals surface area contributed by atoms with Crippen LogP contribution < -0.4 is 9.64 Å². The van der Waals surface area contributed by atoms with Gasteiger partial charge in [-0.2, -0.15) is 4.98 Å². The first-order valence-electron chi connectivity index (χ1n) is 8.37. The van der Waals surface area contributed by atoms with Crippen LogP contribution in [-0.4, -0.2) is 59.3 Å². The lowest BCUT2D eigenvalue weighted by Gasteiger charge is -2.39. The molecule has 4 rings (SSSR count). The quantitative estimate of drug-likeness (QED) is 0.916. The number of nitrogens with zero attached hydrogens (tertiary/aromatic N) is 4. The number of aliphatic hydroxyl groups is 1. The van der Waals surface area contributed by atoms with E-state index in [1.807, 2.05) is 18.2 Å². The summed E-state index contributed by atoms with van der Waals surface area (Å²) < 4.78 is 5.15. The second kappa shape index (κ2) is 6.37. The molecular weight excluding hydrogens is 304 g/mol. The van der Waals surface area contributed by atoms with Crippen molar-refractivity contribution in [3.63, 3.8) is 0 Å². The maximum Gasteiger partial charge on any atom is 0.233 e. The Morgan fingerprint density at radius 1 is 1.12 bits per heavy atom. The summed E-state index contributed by atoms with van der Waals surface area (Å²) >= 11 is 0. The molecule has 1 aromatic heterocycles. The Labute approximate surface area is 141 Å². The molecule has 0 spiro atoms. The van der Waals surface area contributed by atoms with Gasteiger partial charge in [-0.1, -0.05) is 24.3 Å². The number of piperazine rings is 1. The third kappa shape index (κ3) is 2.72. The Morgan fingerprint density at radius 2 is 1.92 bits per heavy atom. The van der Waals surface area contributed by atoms with Gasteiger partial charge in [-0.25, -0.2) is 0 Å². The summed E-state index contributed by atoms with van der Waals surface area (Å²) in [6.45, 7) is 3.58. The summed E-state index contributed by atoms with van der Waals surface area (Å²) in [4.78, 5) is 13.3. The van der Waals surface area contributed by atoms with E-state index >= 15 is 0 Å². The molecule has 126 valence electrons. The first-order valence-corrected chi connectivity index (χ1v) is 8.37. The third-order valence-electron chi connectivity index (χ3n) is 5.08. The number of benzene rings is 1. The van der Waals surface area contributed by atoms with Gasteiger partial charge in [0.2, 0.25) is 5.88 Å². The largest absolute Gasteiger partial charge is 0.480 e. The predicted molar refractivity (Wildman–Crippen MR) is 91.3 cm³/mol. The van der Waals surface area contributed by atoms with Crippen LogP contribution in [0, 0.1) is 0 Å². The Hall–Kier alpha value is -2.18. The highest BCUT2D eigenvalue weighted by molar-refractivity contribution is 5.39. The minimum Gasteiger partial charge on any atom is -0.480 e. The molecule has 6 nitrogen and oxygen atoms in total. The van der Waals surface area contributed by atoms with Crippen molar-refractivity contribution in [3.8, 4) is 5.88 Å². The van der Waals surface area contributed by atoms with E-state index in [1.165, 1.54) is 5.56 Å². The van der Waals surface area contributed by atoms with E-state index in [-0.39, 0.29) is 12.1 Å². The van der Waals surface area contributed by atoms with Gasteiger partial charge in [0.15, 0.2) is 5.82 Å². The highest BCUT2D eigenvalue weighted by Crippen LogP contribution is 2.34. The summed E-state index contributed by atoms with van der Waals surface area (Å²) in [6.07, 6.45) is 3.94. The molecule has 0 amide bonds. The van der Waals surface area contributed by atoms with E-state index in [9.17, 15) is 5.11 Å². The van der Waals surface area contributed by atoms with Crippen LogP contribution in [0.3, 0.4) is 0 Å². The molecule has 0 radical (unpaired) electrons. The second-order valence-electron chi connectivity index (χ2n) is 6.36. The van der Waals surface area contributed by atoms with E-state index in [0.29, 0.717) is 5.88 Å². The van der Waals surface area contributed by atoms with Crippen LogP contribution in [0.15, 0.2) is 36.7 Å². The molecule has 0 bridgehead atoms. The minimum atomic E-state index is -0.385. The average molecular weight is 326 g/mol. The van der Waals surface area contributed by atoms with Crippen molar-refractivity contribution in [1.29, 1.82) is 0 Å². The molecule has 1 aliphatic heterocycles. The molecule has 2 aromatic rings. The third-order valence-corrected chi connectivity index (χ3v) is 5.08. The number of hydrogen-bond donors (Lipinski definition) is 1. The zero-order valence-electron chi connectivity index (χ0n) is 13.8. The Kier molecular flexibility index (Phi) is 4.08. The van der Waals surface area contributed by atoms with Crippen LogP contribution in [0.1, 0.15) is 17.2 Å². The van der Waals surface area contributed by atoms with Gasteiger partial charge < -0.3 is 14.7 Å². The van der Waals surface area contributed by atoms with Gasteiger partial charge in [0, 0.05) is 32.2 Å². The molecule has 1 saturated heterocycles. The Morgan fingerprint density at radius 3 is 2.67 bits per heavy atom. The molecule has 6 heteroatoms. The van der Waals surface area contributed by atoms with Crippen molar-refractivity contribution in [1.82, 2.24) is 14.9 Å². The molecule has 1 fully saturated rings. The number of fused-ring (bicyclic) bond motifs is 1. The lowest BCUT2D eigenvalue weighted by atomic mass is 10.1. The number of anilines is 1. The summed E-state index contributed by atoms with van der Waals surface area (Å²) in [5.41, 5.74) is 2.36. The number of aliphatic hydroxyl groups excluding tert-OH is 1. The van der Waals surface area contributed by atoms with Gasteiger partial charge in [0.05, 0.1) is 25.6 Å². The minimum absolute atomic E-state index is 0.181. The van der Waals surface area contributed by atoms with Crippen LogP contribution >= 0.6 is 0 Å². The van der Waals surface area contributed by atoms with Crippen LogP contribution in [0.2, 0.25) is 0 Å². The van der Waals surface area contributed by atoms with Gasteiger partial charge in [-0.15, -0.1) is 0 Å². The van der Waals surface area contributed by atoms with Gasteiger partial charge in [0.1, 0.15) is 0 Å². The standard InChI is InChI=1S/C18H22N4O2/c1-24-17-12-19-11-16(20-17)22-8-6-21(7-9-22)15-10-13-4-2-3-5-14(13)18(15)23/h2-5,11-12,15,18,23H,6-10H2,1H3/t15-,18+/m1/s1. The molecule has 2 heterocycles. The van der Waals surface area contributed by atoms with E-state index in [2.05, 4.69) is 25.8 Å². The number of aromatic nitrogens is 2. The van der Waals surface area contributed by atoms with Gasteiger partial charge in [-0.05, 0) is 17.5 Å². The highest BCUT2D eigenvalue weighted by Gasteiger charge is 2.36. The van der Waals surface area contributed by atoms with Gasteiger partial charge in [-0.3, -0.25) is 9.88 Å². The van der Waals surface area contributed by atoms with Gasteiger partial charge >= 0.3 is 0 Å². The van der Waals surface area contributed by atoms with E-state index in [4.69, 9.17) is 4.74 Å². The number of rotatable bonds is 3. The molecule has 2 aliphatic rings. The number of ether oxygens (including phenoxy) is 1. The molecule has 2 atom stereocenters. The molecule has 0 saturated carbocycles. The van der Waals surface area contributed by atoms with Crippen LogP contribution in [0.4, 0.5) is 5.82 Å². The summed E-state index contributed by atoms with van der Waals surface area (Å²) in [5, 5.41) is 10.7. The highest BCUT2D eigenvalue weighted by atomic mass is 16.5. The molecule has 0 unspecified atom stereocenters. The SMILES string of the molecule is COc1cncc(N2CCN([C@@H]3Cc4ccccc4[C@@H]3O)CC2)n1. The van der Waals surface area contributed by atoms with Crippen molar-refractivity contribution in [2.75, 3.05) is 38.2 Å². The monoisotopic (exact) mass is 326 g/mol. The first kappa shape index (κ1) is 15.4. The van der Waals surface area contributed by atoms with Crippen LogP contribution in [0.5, 0.6) is 5.88 Å². The number of methoxy groups -OCH3 is 1. The fourth-order valence-corrected chi connectivity index (χ4v) is 3.75. The summed E-state index contributed by atoms with van der Waals surface area (Å²) in [6, 6.07) is 8.40. The van der Waals surface area contributed by atoms with Crippen LogP contribution in [-0.2, 0) is 6.42 Å². The topological polar surface area (TPSA) is 61.7 Å². The van der Waals surface area contributed by atoms with Gasteiger partial charge in [0.25, 0.3) is 0 Å². The fourth-order valence-electron chi connectivity index (χ4n) is 3.75. The first-order chi connectivity index (χ1) is 11.8. The predicted octanol–water partition coefficient (Wildman–Crippen LogP) is 1.27. The normalized spacial score (nSPS) is 24.0. The lowest BCUT2D eigenvalue weighted by molar-refractivity contribution is 0.0571. The molecule has 1 aromatic carbocycles. The Bertz CT molecular complexity index is 716. The van der Waals surface area contributed by atoms with E-state index in [0.717, 1.165) is 44.0 Å². The van der Waals surface area contributed by atoms with Crippen molar-refractivity contribution in [2.45, 2.75) is 18.6 Å². The number of hydrogen-bond acceptors (Lipinski definition) is 6. The molecule has 1 N–H and O–H groups in total. The van der Waals surface area contributed by atoms with Crippen molar-refractivity contribution in [3.05, 3.63) is 47.8 Å². The average Bonchev–Trinajstić information content (AvgIpc) is 2.99. The maximum atomic E-state index is 10.7. The van der Waals surface area contributed by atoms with Crippen LogP contribution in [0.25, 0.3) is 0 Å². The molecule has 1 aliphatic carbocycles. The molecular formula is C18H22N4O2. The lowest BCUT2D eigenvalue weighted by Crippen LogP contribution is -2.51. The van der Waals surface area contributed by atoms with E-state index < -0.39 is 0 Å². The zero-order chi connectivity index (χ0) is 16.5. The zero-order valence-corrected chi connectivity index (χ0v) is 13.8. The Balaban J connectivity index is 1.42. The second-order valence-corrected chi connectivity index (χ2v) is 6.36. The maximum absolute atomic E-state index is 10.7. The van der Waals surface area contributed by atoms with Crippen molar-refractivity contribution >= 4 is 5.82 Å². The fraction of sp³-hybridized carbons (Fsp3) is 0.444. The summed E-state index contributed by atoms with van der Waals surface area (Å²) in [7, 11) is 1.60. The summed E-state index contributed by atoms with van der Waals surface area (Å²) in [5.74, 6) is 1.39. The molecule has 24 heavy (non-hydrogen) atoms.